The highest BCUT2D eigenvalue weighted by atomic mass is 35.5. The maximum Gasteiger partial charge on any atom is 0.0338 e. The molecule has 48 valence electrons. The average Bonchev–Trinajstić information content (AvgIpc) is 1.64. The highest BCUT2D eigenvalue weighted by molar-refractivity contribution is 6.20. The molecule has 1 aliphatic rings. The van der Waals surface area contributed by atoms with E-state index < -0.39 is 0 Å². The van der Waals surface area contributed by atoms with Crippen molar-refractivity contribution in [2.75, 3.05) is 0 Å². The van der Waals surface area contributed by atoms with E-state index in [1.165, 1.54) is 25.7 Å². The second-order valence-electron chi connectivity index (χ2n) is 2.87. The van der Waals surface area contributed by atoms with E-state index in [0.29, 0.717) is 5.38 Å². The molecule has 1 rings (SSSR count). The zero-order valence-electron chi connectivity index (χ0n) is 5.36. The van der Waals surface area contributed by atoms with Crippen molar-refractivity contribution in [2.24, 2.45) is 5.92 Å². The Morgan fingerprint density at radius 1 is 1.38 bits per heavy atom. The van der Waals surface area contributed by atoms with Gasteiger partial charge >= 0.3 is 0 Å². The van der Waals surface area contributed by atoms with Crippen LogP contribution in [-0.2, 0) is 0 Å². The minimum atomic E-state index is 0.485. The number of halogens is 1. The van der Waals surface area contributed by atoms with Crippen LogP contribution in [0.3, 0.4) is 0 Å². The zero-order valence-corrected chi connectivity index (χ0v) is 6.12. The average molecular weight is 133 g/mol. The van der Waals surface area contributed by atoms with Crippen molar-refractivity contribution in [1.82, 2.24) is 0 Å². The van der Waals surface area contributed by atoms with Crippen LogP contribution < -0.4 is 0 Å². The molecule has 0 radical (unpaired) electrons. The van der Waals surface area contributed by atoms with Crippen molar-refractivity contribution in [3.05, 3.63) is 0 Å². The second kappa shape index (κ2) is 2.72. The van der Waals surface area contributed by atoms with Crippen molar-refractivity contribution < 1.29 is 0 Å². The molecule has 1 aliphatic carbocycles. The van der Waals surface area contributed by atoms with Gasteiger partial charge in [0, 0.05) is 5.38 Å². The molecule has 0 heterocycles. The molecule has 1 unspecified atom stereocenters. The van der Waals surface area contributed by atoms with Crippen LogP contribution in [0.1, 0.15) is 32.6 Å². The summed E-state index contributed by atoms with van der Waals surface area (Å²) in [5, 5.41) is 0.485. The van der Waals surface area contributed by atoms with E-state index in [1.54, 1.807) is 0 Å². The lowest BCUT2D eigenvalue weighted by atomic mass is 9.91. The first-order valence-corrected chi connectivity index (χ1v) is 3.86. The van der Waals surface area contributed by atoms with E-state index in [9.17, 15) is 0 Å². The summed E-state index contributed by atoms with van der Waals surface area (Å²) in [7, 11) is 0. The fourth-order valence-corrected chi connectivity index (χ4v) is 1.82. The van der Waals surface area contributed by atoms with Gasteiger partial charge in [-0.3, -0.25) is 0 Å². The largest absolute Gasteiger partial charge is 0.123 e. The summed E-state index contributed by atoms with van der Waals surface area (Å²) in [6.45, 7) is 2.29. The third-order valence-corrected chi connectivity index (χ3v) is 2.27. The van der Waals surface area contributed by atoms with Crippen molar-refractivity contribution in [3.63, 3.8) is 0 Å². The number of hydrogen-bond donors (Lipinski definition) is 0. The van der Waals surface area contributed by atoms with Crippen LogP contribution in [0.15, 0.2) is 0 Å². The standard InChI is InChI=1S/C7H13Cl/c1-6-3-2-4-7(8)5-6/h6-7H,2-5H2,1H3/t6?,7-/m1/s1. The quantitative estimate of drug-likeness (QED) is 0.445. The van der Waals surface area contributed by atoms with Crippen LogP contribution in [0.2, 0.25) is 0 Å². The lowest BCUT2D eigenvalue weighted by Crippen LogP contribution is -2.12. The molecule has 0 nitrogen and oxygen atoms in total. The number of hydrogen-bond acceptors (Lipinski definition) is 0. The lowest BCUT2D eigenvalue weighted by molar-refractivity contribution is 0.390. The van der Waals surface area contributed by atoms with E-state index in [0.717, 1.165) is 5.92 Å². The molecule has 0 aliphatic heterocycles. The van der Waals surface area contributed by atoms with Gasteiger partial charge in [-0.15, -0.1) is 11.6 Å². The van der Waals surface area contributed by atoms with Gasteiger partial charge in [-0.25, -0.2) is 0 Å². The van der Waals surface area contributed by atoms with Crippen LogP contribution in [0.25, 0.3) is 0 Å². The summed E-state index contributed by atoms with van der Waals surface area (Å²) >= 11 is 5.91. The molecule has 1 saturated carbocycles. The van der Waals surface area contributed by atoms with E-state index in [1.807, 2.05) is 0 Å². The maximum absolute atomic E-state index is 5.91. The van der Waals surface area contributed by atoms with Gasteiger partial charge in [-0.1, -0.05) is 19.8 Å². The Morgan fingerprint density at radius 3 is 2.50 bits per heavy atom. The summed E-state index contributed by atoms with van der Waals surface area (Å²) in [4.78, 5) is 0. The van der Waals surface area contributed by atoms with E-state index in [-0.39, 0.29) is 0 Å². The smallest absolute Gasteiger partial charge is 0.0338 e. The summed E-state index contributed by atoms with van der Waals surface area (Å²) < 4.78 is 0. The lowest BCUT2D eigenvalue weighted by Gasteiger charge is -2.21. The molecule has 0 saturated heterocycles. The molecule has 1 fully saturated rings. The predicted molar refractivity (Wildman–Crippen MR) is 37.3 cm³/mol. The molecule has 8 heavy (non-hydrogen) atoms. The predicted octanol–water partition coefficient (Wildman–Crippen LogP) is 2.80. The summed E-state index contributed by atoms with van der Waals surface area (Å²) in [5.41, 5.74) is 0. The Balaban J connectivity index is 2.23. The number of rotatable bonds is 0. The van der Waals surface area contributed by atoms with Crippen LogP contribution in [0.4, 0.5) is 0 Å². The minimum absolute atomic E-state index is 0.485. The highest BCUT2D eigenvalue weighted by Gasteiger charge is 2.15. The molecule has 0 amide bonds. The van der Waals surface area contributed by atoms with E-state index in [2.05, 4.69) is 6.92 Å². The second-order valence-corrected chi connectivity index (χ2v) is 3.49. The topological polar surface area (TPSA) is 0 Å². The van der Waals surface area contributed by atoms with Crippen LogP contribution in [-0.4, -0.2) is 5.38 Å². The van der Waals surface area contributed by atoms with Gasteiger partial charge in [-0.2, -0.15) is 0 Å². The van der Waals surface area contributed by atoms with E-state index >= 15 is 0 Å². The molecule has 0 N–H and O–H groups in total. The van der Waals surface area contributed by atoms with Gasteiger partial charge in [0.15, 0.2) is 0 Å². The molecule has 0 aromatic heterocycles. The molecule has 0 spiro atoms. The third kappa shape index (κ3) is 1.66. The Bertz CT molecular complexity index is 62.8. The summed E-state index contributed by atoms with van der Waals surface area (Å²) in [6.07, 6.45) is 5.21. The van der Waals surface area contributed by atoms with Gasteiger partial charge in [-0.05, 0) is 18.8 Å². The van der Waals surface area contributed by atoms with Crippen molar-refractivity contribution in [1.29, 1.82) is 0 Å². The van der Waals surface area contributed by atoms with Gasteiger partial charge in [0.05, 0.1) is 0 Å². The summed E-state index contributed by atoms with van der Waals surface area (Å²) in [5.74, 6) is 0.881. The third-order valence-electron chi connectivity index (χ3n) is 1.87. The maximum atomic E-state index is 5.91. The minimum Gasteiger partial charge on any atom is -0.123 e. The first-order valence-electron chi connectivity index (χ1n) is 3.43. The van der Waals surface area contributed by atoms with Crippen molar-refractivity contribution >= 4 is 11.6 Å². The van der Waals surface area contributed by atoms with Crippen LogP contribution in [0.5, 0.6) is 0 Å². The Morgan fingerprint density at radius 2 is 2.12 bits per heavy atom. The molecule has 2 atom stereocenters. The fourth-order valence-electron chi connectivity index (χ4n) is 1.36. The highest BCUT2D eigenvalue weighted by Crippen LogP contribution is 2.26. The van der Waals surface area contributed by atoms with Crippen molar-refractivity contribution in [2.45, 2.75) is 38.0 Å². The zero-order chi connectivity index (χ0) is 5.98. The number of alkyl halides is 1. The fraction of sp³-hybridized carbons (Fsp3) is 1.00. The molecular formula is C7H13Cl. The molecule has 0 aromatic rings. The monoisotopic (exact) mass is 132 g/mol. The Labute approximate surface area is 56.2 Å². The van der Waals surface area contributed by atoms with Crippen LogP contribution in [0, 0.1) is 5.92 Å². The first-order chi connectivity index (χ1) is 3.79. The van der Waals surface area contributed by atoms with Gasteiger partial charge in [0.25, 0.3) is 0 Å². The Hall–Kier alpha value is 0.290. The normalized spacial score (nSPS) is 39.8. The molecule has 1 heteroatoms. The molecule has 0 bridgehead atoms. The van der Waals surface area contributed by atoms with E-state index in [4.69, 9.17) is 11.6 Å². The molecule has 0 aromatic carbocycles. The van der Waals surface area contributed by atoms with Gasteiger partial charge in [0.2, 0.25) is 0 Å². The first kappa shape index (κ1) is 6.41. The Kier molecular flexibility index (Phi) is 2.18. The van der Waals surface area contributed by atoms with Gasteiger partial charge < -0.3 is 0 Å². The van der Waals surface area contributed by atoms with Crippen molar-refractivity contribution in [3.8, 4) is 0 Å². The summed E-state index contributed by atoms with van der Waals surface area (Å²) in [6, 6.07) is 0. The van der Waals surface area contributed by atoms with Gasteiger partial charge in [0.1, 0.15) is 0 Å². The van der Waals surface area contributed by atoms with Crippen LogP contribution >= 0.6 is 11.6 Å². The SMILES string of the molecule is CC1CCC[C@@H](Cl)C1. The molecular weight excluding hydrogens is 120 g/mol.